The van der Waals surface area contributed by atoms with Crippen LogP contribution in [0, 0.1) is 0 Å². The van der Waals surface area contributed by atoms with Crippen molar-refractivity contribution in [3.8, 4) is 5.75 Å². The van der Waals surface area contributed by atoms with Crippen LogP contribution in [-0.2, 0) is 16.3 Å². The maximum absolute atomic E-state index is 12.8. The second kappa shape index (κ2) is 6.30. The number of halogens is 4. The number of fused-ring (bicyclic) bond motifs is 1. The van der Waals surface area contributed by atoms with Crippen molar-refractivity contribution >= 4 is 26.0 Å². The molecule has 0 N–H and O–H groups in total. The average molecular weight is 436 g/mol. The van der Waals surface area contributed by atoms with E-state index in [4.69, 9.17) is 4.74 Å². The lowest BCUT2D eigenvalue weighted by molar-refractivity contribution is -0.137. The predicted octanol–water partition coefficient (Wildman–Crippen LogP) is 4.29. The third-order valence-corrected chi connectivity index (χ3v) is 5.53. The van der Waals surface area contributed by atoms with Gasteiger partial charge in [0.05, 0.1) is 17.1 Å². The van der Waals surface area contributed by atoms with Gasteiger partial charge in [-0.05, 0) is 36.2 Å². The molecule has 4 nitrogen and oxygen atoms in total. The van der Waals surface area contributed by atoms with E-state index in [0.29, 0.717) is 22.0 Å². The molecule has 0 radical (unpaired) electrons. The Kier molecular flexibility index (Phi) is 4.59. The molecule has 25 heavy (non-hydrogen) atoms. The van der Waals surface area contributed by atoms with E-state index in [1.165, 1.54) is 18.2 Å². The summed E-state index contributed by atoms with van der Waals surface area (Å²) >= 11 is 3.19. The third kappa shape index (κ3) is 3.68. The molecule has 1 aliphatic rings. The van der Waals surface area contributed by atoms with Crippen molar-refractivity contribution in [3.05, 3.63) is 57.6 Å². The quantitative estimate of drug-likeness (QED) is 0.660. The van der Waals surface area contributed by atoms with Gasteiger partial charge in [0.25, 0.3) is 0 Å². The Balaban J connectivity index is 2.04. The summed E-state index contributed by atoms with van der Waals surface area (Å²) in [6.45, 7) is 0.257. The highest BCUT2D eigenvalue weighted by atomic mass is 79.9. The van der Waals surface area contributed by atoms with Crippen molar-refractivity contribution in [2.24, 2.45) is 0 Å². The molecule has 1 aliphatic heterocycles. The molecule has 0 spiro atoms. The van der Waals surface area contributed by atoms with Crippen LogP contribution in [0.3, 0.4) is 0 Å². The molecule has 0 bridgehead atoms. The summed E-state index contributed by atoms with van der Waals surface area (Å²) in [4.78, 5) is -0.404. The molecule has 1 unspecified atom stereocenters. The van der Waals surface area contributed by atoms with Gasteiger partial charge in [-0.1, -0.05) is 28.1 Å². The highest BCUT2D eigenvalue weighted by Gasteiger charge is 2.32. The molecule has 3 rings (SSSR count). The van der Waals surface area contributed by atoms with Gasteiger partial charge in [0, 0.05) is 16.0 Å². The topological polar surface area (TPSA) is 66.4 Å². The highest BCUT2D eigenvalue weighted by molar-refractivity contribution is 9.10. The minimum atomic E-state index is -4.61. The van der Waals surface area contributed by atoms with Gasteiger partial charge >= 0.3 is 6.18 Å². The molecular weight excluding hydrogens is 425 g/mol. The zero-order valence-corrected chi connectivity index (χ0v) is 14.9. The van der Waals surface area contributed by atoms with E-state index in [-0.39, 0.29) is 18.3 Å². The molecule has 9 heteroatoms. The minimum absolute atomic E-state index is 0.250. The van der Waals surface area contributed by atoms with Crippen molar-refractivity contribution < 1.29 is 30.9 Å². The Morgan fingerprint density at radius 1 is 1.12 bits per heavy atom. The Hall–Kier alpha value is -1.58. The number of rotatable bonds is 2. The molecule has 0 amide bonds. The molecule has 2 aromatic carbocycles. The summed E-state index contributed by atoms with van der Waals surface area (Å²) in [6, 6.07) is 7.22. The first-order valence-corrected chi connectivity index (χ1v) is 9.37. The zero-order chi connectivity index (χ0) is 18.4. The molecule has 0 aromatic heterocycles. The van der Waals surface area contributed by atoms with E-state index in [2.05, 4.69) is 15.9 Å². The van der Waals surface area contributed by atoms with Crippen LogP contribution in [0.2, 0.25) is 0 Å². The second-order valence-electron chi connectivity index (χ2n) is 5.58. The number of hydrogen-bond donors (Lipinski definition) is 0. The van der Waals surface area contributed by atoms with Gasteiger partial charge in [0.2, 0.25) is 0 Å². The van der Waals surface area contributed by atoms with Crippen molar-refractivity contribution in [3.63, 3.8) is 0 Å². The van der Waals surface area contributed by atoms with Crippen LogP contribution in [0.25, 0.3) is 0 Å². The fourth-order valence-corrected chi connectivity index (χ4v) is 3.98. The second-order valence-corrected chi connectivity index (χ2v) is 7.81. The highest BCUT2D eigenvalue weighted by Crippen LogP contribution is 2.43. The first-order valence-electron chi connectivity index (χ1n) is 7.16. The van der Waals surface area contributed by atoms with Gasteiger partial charge in [-0.25, -0.2) is 8.42 Å². The maximum Gasteiger partial charge on any atom is 0.416 e. The molecular formula is C16H11BrF3O4S-. The Bertz CT molecular complexity index is 925. The largest absolute Gasteiger partial charge is 0.744 e. The van der Waals surface area contributed by atoms with Crippen LogP contribution in [0.5, 0.6) is 5.75 Å². The monoisotopic (exact) mass is 435 g/mol. The zero-order valence-electron chi connectivity index (χ0n) is 12.5. The molecule has 1 atom stereocenters. The summed E-state index contributed by atoms with van der Waals surface area (Å²) in [5.74, 6) is -0.0243. The summed E-state index contributed by atoms with van der Waals surface area (Å²) in [6.07, 6.45) is -3.92. The summed E-state index contributed by atoms with van der Waals surface area (Å²) in [5.41, 5.74) is 0.498. The van der Waals surface area contributed by atoms with E-state index < -0.39 is 26.8 Å². The Morgan fingerprint density at radius 3 is 2.40 bits per heavy atom. The van der Waals surface area contributed by atoms with Crippen LogP contribution in [-0.4, -0.2) is 19.6 Å². The lowest BCUT2D eigenvalue weighted by Gasteiger charge is -2.28. The van der Waals surface area contributed by atoms with Crippen LogP contribution < -0.4 is 4.74 Å². The van der Waals surface area contributed by atoms with Gasteiger partial charge in [-0.2, -0.15) is 13.2 Å². The first kappa shape index (κ1) is 18.2. The first-order chi connectivity index (χ1) is 11.6. The maximum atomic E-state index is 12.8. The molecule has 0 saturated carbocycles. The van der Waals surface area contributed by atoms with Crippen molar-refractivity contribution in [2.45, 2.75) is 23.4 Å². The number of hydrogen-bond acceptors (Lipinski definition) is 4. The summed E-state index contributed by atoms with van der Waals surface area (Å²) in [7, 11) is -4.61. The fourth-order valence-electron chi connectivity index (χ4n) is 2.83. The summed E-state index contributed by atoms with van der Waals surface area (Å²) in [5, 5.41) is 0. The van der Waals surface area contributed by atoms with E-state index >= 15 is 0 Å². The van der Waals surface area contributed by atoms with E-state index in [1.54, 1.807) is 0 Å². The number of benzene rings is 2. The molecule has 0 fully saturated rings. The Morgan fingerprint density at radius 2 is 1.80 bits per heavy atom. The van der Waals surface area contributed by atoms with Gasteiger partial charge in [0.15, 0.2) is 0 Å². The minimum Gasteiger partial charge on any atom is -0.744 e. The third-order valence-electron chi connectivity index (χ3n) is 4.02. The Labute approximate surface area is 150 Å². The molecule has 0 aliphatic carbocycles. The lowest BCUT2D eigenvalue weighted by Crippen LogP contribution is -2.16. The lowest BCUT2D eigenvalue weighted by atomic mass is 9.86. The molecule has 134 valence electrons. The van der Waals surface area contributed by atoms with Crippen LogP contribution in [0.15, 0.2) is 45.8 Å². The van der Waals surface area contributed by atoms with E-state index in [9.17, 15) is 26.1 Å². The van der Waals surface area contributed by atoms with Crippen LogP contribution in [0.1, 0.15) is 29.0 Å². The predicted molar refractivity (Wildman–Crippen MR) is 85.5 cm³/mol. The summed E-state index contributed by atoms with van der Waals surface area (Å²) < 4.78 is 77.6. The SMILES string of the molecule is O=S(=O)([O-])c1ccc2c(c1)OCCC2c1ccc(C(F)(F)F)cc1Br. The van der Waals surface area contributed by atoms with Gasteiger partial charge < -0.3 is 9.29 Å². The van der Waals surface area contributed by atoms with Gasteiger partial charge in [-0.3, -0.25) is 0 Å². The standard InChI is InChI=1S/C16H12BrF3O4S/c17-14-7-9(16(18,19)20)1-3-12(14)11-5-6-24-15-8-10(25(21,22)23)2-4-13(11)15/h1-4,7-8,11H,5-6H2,(H,21,22,23)/p-1. The average Bonchev–Trinajstić information content (AvgIpc) is 2.52. The van der Waals surface area contributed by atoms with Crippen LogP contribution in [0.4, 0.5) is 13.2 Å². The number of alkyl halides is 3. The normalized spacial score (nSPS) is 17.7. The smallest absolute Gasteiger partial charge is 0.416 e. The molecule has 0 saturated heterocycles. The number of ether oxygens (including phenoxy) is 1. The van der Waals surface area contributed by atoms with Gasteiger partial charge in [-0.15, -0.1) is 0 Å². The molecule has 2 aromatic rings. The van der Waals surface area contributed by atoms with Crippen molar-refractivity contribution in [1.29, 1.82) is 0 Å². The fraction of sp³-hybridized carbons (Fsp3) is 0.250. The van der Waals surface area contributed by atoms with Crippen molar-refractivity contribution in [2.75, 3.05) is 6.61 Å². The van der Waals surface area contributed by atoms with Crippen LogP contribution >= 0.6 is 15.9 Å². The van der Waals surface area contributed by atoms with Crippen molar-refractivity contribution in [1.82, 2.24) is 0 Å². The molecule has 1 heterocycles. The van der Waals surface area contributed by atoms with E-state index in [1.807, 2.05) is 0 Å². The van der Waals surface area contributed by atoms with Gasteiger partial charge in [0.1, 0.15) is 15.9 Å². The van der Waals surface area contributed by atoms with E-state index in [0.717, 1.165) is 18.2 Å².